The van der Waals surface area contributed by atoms with Crippen molar-refractivity contribution < 1.29 is 14.7 Å². The maximum Gasteiger partial charge on any atom is 0.304 e. The molecule has 2 N–H and O–H groups in total. The molecule has 2 aromatic rings. The predicted molar refractivity (Wildman–Crippen MR) is 105 cm³/mol. The smallest absolute Gasteiger partial charge is 0.304 e. The monoisotopic (exact) mass is 369 g/mol. The van der Waals surface area contributed by atoms with Crippen molar-refractivity contribution in [2.24, 2.45) is 0 Å². The minimum Gasteiger partial charge on any atom is -0.481 e. The second-order valence-corrected chi connectivity index (χ2v) is 7.76. The molecule has 5 heteroatoms. The Balaban J connectivity index is 1.64. The number of aliphatic carboxylic acids is 1. The lowest BCUT2D eigenvalue weighted by molar-refractivity contribution is -0.136. The SMILES string of the molecule is O=C(O)CCSCc1cccc(NC(=O)C2(c3ccccc3)CCC2)c1. The van der Waals surface area contributed by atoms with E-state index in [0.717, 1.165) is 41.8 Å². The molecule has 1 aliphatic rings. The van der Waals surface area contributed by atoms with E-state index in [9.17, 15) is 9.59 Å². The Bertz CT molecular complexity index is 772. The lowest BCUT2D eigenvalue weighted by atomic mass is 9.64. The third-order valence-corrected chi connectivity index (χ3v) is 5.91. The van der Waals surface area contributed by atoms with Crippen molar-refractivity contribution in [2.75, 3.05) is 11.1 Å². The Labute approximate surface area is 158 Å². The summed E-state index contributed by atoms with van der Waals surface area (Å²) in [5, 5.41) is 11.8. The fourth-order valence-corrected chi connectivity index (χ4v) is 4.15. The van der Waals surface area contributed by atoms with Gasteiger partial charge in [0.15, 0.2) is 0 Å². The Hall–Kier alpha value is -2.27. The van der Waals surface area contributed by atoms with Crippen LogP contribution < -0.4 is 5.32 Å². The van der Waals surface area contributed by atoms with Gasteiger partial charge in [0.1, 0.15) is 0 Å². The van der Waals surface area contributed by atoms with Crippen molar-refractivity contribution in [1.82, 2.24) is 0 Å². The van der Waals surface area contributed by atoms with Gasteiger partial charge in [0, 0.05) is 17.2 Å². The van der Waals surface area contributed by atoms with Crippen molar-refractivity contribution in [1.29, 1.82) is 0 Å². The first kappa shape index (κ1) is 18.5. The number of amides is 1. The van der Waals surface area contributed by atoms with Crippen molar-refractivity contribution in [3.63, 3.8) is 0 Å². The number of carboxylic acids is 1. The molecule has 1 aliphatic carbocycles. The molecule has 0 atom stereocenters. The number of thioether (sulfide) groups is 1. The van der Waals surface area contributed by atoms with E-state index in [2.05, 4.69) is 5.32 Å². The summed E-state index contributed by atoms with van der Waals surface area (Å²) in [7, 11) is 0. The van der Waals surface area contributed by atoms with E-state index in [1.807, 2.05) is 54.6 Å². The van der Waals surface area contributed by atoms with E-state index in [1.54, 1.807) is 11.8 Å². The molecule has 0 unspecified atom stereocenters. The van der Waals surface area contributed by atoms with Crippen molar-refractivity contribution >= 4 is 29.3 Å². The van der Waals surface area contributed by atoms with Crippen molar-refractivity contribution in [3.05, 3.63) is 65.7 Å². The standard InChI is InChI=1S/C21H23NO3S/c23-19(24)10-13-26-15-16-6-4-9-18(14-16)22-20(25)21(11-5-12-21)17-7-2-1-3-8-17/h1-4,6-9,14H,5,10-13,15H2,(H,22,25)(H,23,24). The van der Waals surface area contributed by atoms with Gasteiger partial charge < -0.3 is 10.4 Å². The van der Waals surface area contributed by atoms with E-state index in [-0.39, 0.29) is 12.3 Å². The third-order valence-electron chi connectivity index (χ3n) is 4.88. The summed E-state index contributed by atoms with van der Waals surface area (Å²) in [6.45, 7) is 0. The summed E-state index contributed by atoms with van der Waals surface area (Å²) in [5.41, 5.74) is 2.56. The average molecular weight is 369 g/mol. The lowest BCUT2D eigenvalue weighted by Crippen LogP contribution is -2.45. The number of hydrogen-bond acceptors (Lipinski definition) is 3. The van der Waals surface area contributed by atoms with E-state index in [0.29, 0.717) is 5.75 Å². The average Bonchev–Trinajstić information content (AvgIpc) is 2.59. The molecule has 0 heterocycles. The minimum absolute atomic E-state index is 0.0608. The Morgan fingerprint density at radius 3 is 2.50 bits per heavy atom. The van der Waals surface area contributed by atoms with Gasteiger partial charge in [0.25, 0.3) is 0 Å². The highest BCUT2D eigenvalue weighted by Crippen LogP contribution is 2.44. The molecular formula is C21H23NO3S. The highest BCUT2D eigenvalue weighted by molar-refractivity contribution is 7.98. The number of nitrogens with one attached hydrogen (secondary N) is 1. The number of carbonyl (C=O) groups excluding carboxylic acids is 1. The largest absolute Gasteiger partial charge is 0.481 e. The fraction of sp³-hybridized carbons (Fsp3) is 0.333. The predicted octanol–water partition coefficient (Wildman–Crippen LogP) is 4.45. The molecule has 0 radical (unpaired) electrons. The first-order valence-corrected chi connectivity index (χ1v) is 10.0. The second-order valence-electron chi connectivity index (χ2n) is 6.65. The van der Waals surface area contributed by atoms with Crippen LogP contribution in [0, 0.1) is 0 Å². The van der Waals surface area contributed by atoms with Crippen LogP contribution in [-0.2, 0) is 20.8 Å². The molecular weight excluding hydrogens is 346 g/mol. The number of benzene rings is 2. The zero-order valence-corrected chi connectivity index (χ0v) is 15.4. The quantitative estimate of drug-likeness (QED) is 0.675. The van der Waals surface area contributed by atoms with Crippen molar-refractivity contribution in [2.45, 2.75) is 36.9 Å². The third kappa shape index (κ3) is 4.28. The van der Waals surface area contributed by atoms with Gasteiger partial charge in [-0.15, -0.1) is 0 Å². The number of carbonyl (C=O) groups is 2. The minimum atomic E-state index is -0.773. The van der Waals surface area contributed by atoms with Gasteiger partial charge in [-0.3, -0.25) is 9.59 Å². The molecule has 2 aromatic carbocycles. The number of rotatable bonds is 8. The van der Waals surface area contributed by atoms with E-state index >= 15 is 0 Å². The van der Waals surface area contributed by atoms with Crippen LogP contribution in [0.15, 0.2) is 54.6 Å². The molecule has 136 valence electrons. The van der Waals surface area contributed by atoms with Crippen LogP contribution in [0.2, 0.25) is 0 Å². The zero-order chi connectivity index (χ0) is 18.4. The summed E-state index contributed by atoms with van der Waals surface area (Å²) in [4.78, 5) is 23.6. The molecule has 1 fully saturated rings. The highest BCUT2D eigenvalue weighted by Gasteiger charge is 2.45. The number of hydrogen-bond donors (Lipinski definition) is 2. The molecule has 0 bridgehead atoms. The fourth-order valence-electron chi connectivity index (χ4n) is 3.27. The first-order valence-electron chi connectivity index (χ1n) is 8.86. The van der Waals surface area contributed by atoms with Gasteiger partial charge in [0.05, 0.1) is 11.8 Å². The van der Waals surface area contributed by atoms with E-state index in [4.69, 9.17) is 5.11 Å². The molecule has 1 amide bonds. The van der Waals surface area contributed by atoms with Gasteiger partial charge in [-0.25, -0.2) is 0 Å². The number of anilines is 1. The molecule has 0 spiro atoms. The molecule has 3 rings (SSSR count). The molecule has 0 saturated heterocycles. The van der Waals surface area contributed by atoms with Gasteiger partial charge in [-0.05, 0) is 36.1 Å². The second kappa shape index (κ2) is 8.41. The maximum atomic E-state index is 13.0. The maximum absolute atomic E-state index is 13.0. The molecule has 1 saturated carbocycles. The van der Waals surface area contributed by atoms with Crippen LogP contribution in [0.1, 0.15) is 36.8 Å². The lowest BCUT2D eigenvalue weighted by Gasteiger charge is -2.40. The summed E-state index contributed by atoms with van der Waals surface area (Å²) < 4.78 is 0. The van der Waals surface area contributed by atoms with Crippen LogP contribution in [0.3, 0.4) is 0 Å². The molecule has 0 aliphatic heterocycles. The zero-order valence-electron chi connectivity index (χ0n) is 14.6. The van der Waals surface area contributed by atoms with Crippen LogP contribution in [0.4, 0.5) is 5.69 Å². The van der Waals surface area contributed by atoms with E-state index in [1.165, 1.54) is 0 Å². The van der Waals surface area contributed by atoms with Crippen LogP contribution in [0.25, 0.3) is 0 Å². The summed E-state index contributed by atoms with van der Waals surface area (Å²) in [6.07, 6.45) is 3.00. The van der Waals surface area contributed by atoms with Crippen LogP contribution in [-0.4, -0.2) is 22.7 Å². The number of carboxylic acid groups (broad SMARTS) is 1. The van der Waals surface area contributed by atoms with Crippen molar-refractivity contribution in [3.8, 4) is 0 Å². The first-order chi connectivity index (χ1) is 12.6. The molecule has 0 aromatic heterocycles. The van der Waals surface area contributed by atoms with Gasteiger partial charge >= 0.3 is 5.97 Å². The van der Waals surface area contributed by atoms with Gasteiger partial charge in [-0.1, -0.05) is 48.9 Å². The van der Waals surface area contributed by atoms with Crippen LogP contribution in [0.5, 0.6) is 0 Å². The Kier molecular flexibility index (Phi) is 5.99. The van der Waals surface area contributed by atoms with Gasteiger partial charge in [0.2, 0.25) is 5.91 Å². The molecule has 26 heavy (non-hydrogen) atoms. The molecule has 4 nitrogen and oxygen atoms in total. The topological polar surface area (TPSA) is 66.4 Å². The summed E-state index contributed by atoms with van der Waals surface area (Å²) in [6, 6.07) is 17.8. The Morgan fingerprint density at radius 2 is 1.85 bits per heavy atom. The van der Waals surface area contributed by atoms with Gasteiger partial charge in [-0.2, -0.15) is 11.8 Å². The Morgan fingerprint density at radius 1 is 1.08 bits per heavy atom. The van der Waals surface area contributed by atoms with E-state index < -0.39 is 11.4 Å². The normalized spacial score (nSPS) is 15.1. The summed E-state index contributed by atoms with van der Waals surface area (Å²) >= 11 is 1.59. The highest BCUT2D eigenvalue weighted by atomic mass is 32.2. The van der Waals surface area contributed by atoms with Crippen LogP contribution >= 0.6 is 11.8 Å². The summed E-state index contributed by atoms with van der Waals surface area (Å²) in [5.74, 6) is 0.611.